The topological polar surface area (TPSA) is 0 Å². The van der Waals surface area contributed by atoms with Crippen LogP contribution >= 0.6 is 0 Å². The van der Waals surface area contributed by atoms with Crippen LogP contribution in [0.3, 0.4) is 0 Å². The van der Waals surface area contributed by atoms with E-state index in [2.05, 4.69) is 17.9 Å². The van der Waals surface area contributed by atoms with E-state index in [1.54, 1.807) is 0 Å². The van der Waals surface area contributed by atoms with Gasteiger partial charge >= 0.3 is 41.5 Å². The summed E-state index contributed by atoms with van der Waals surface area (Å²) in [5.41, 5.74) is 0. The summed E-state index contributed by atoms with van der Waals surface area (Å²) < 4.78 is 1.93. The van der Waals surface area contributed by atoms with Crippen molar-refractivity contribution in [1.82, 2.24) is 0 Å². The van der Waals surface area contributed by atoms with E-state index in [1.165, 1.54) is 0 Å². The molecule has 0 unspecified atom stereocenters. The first-order valence-corrected chi connectivity index (χ1v) is 2.45. The van der Waals surface area contributed by atoms with Gasteiger partial charge in [0.25, 0.3) is 0 Å². The minimum atomic E-state index is 1.93. The molecule has 0 aromatic heterocycles. The molecule has 0 atom stereocenters. The Morgan fingerprint density at radius 1 is 1.60 bits per heavy atom. The summed E-state index contributed by atoms with van der Waals surface area (Å²) in [4.78, 5) is 0. The first-order valence-electron chi connectivity index (χ1n) is 1.45. The molecule has 0 saturated heterocycles. The molecule has 0 saturated carbocycles. The average molecular weight is 155 g/mol. The normalized spacial score (nSPS) is 9.00. The van der Waals surface area contributed by atoms with Crippen molar-refractivity contribution in [2.75, 3.05) is 0 Å². The summed E-state index contributed by atoms with van der Waals surface area (Å²) in [6, 6.07) is 0. The monoisotopic (exact) mass is 156 g/mol. The molecule has 0 heterocycles. The Labute approximate surface area is 42.1 Å². The van der Waals surface area contributed by atoms with Gasteiger partial charge in [-0.3, -0.25) is 0 Å². The Morgan fingerprint density at radius 2 is 2.20 bits per heavy atom. The second-order valence-corrected chi connectivity index (χ2v) is 1.22. The maximum absolute atomic E-state index is 2.41. The van der Waals surface area contributed by atoms with Crippen molar-refractivity contribution in [3.8, 4) is 0 Å². The van der Waals surface area contributed by atoms with Gasteiger partial charge in [0.05, 0.1) is 0 Å². The van der Waals surface area contributed by atoms with Crippen LogP contribution in [-0.2, 0) is 17.9 Å². The standard InChI is InChI=1S/C4H6.Ru/c1-3-4-2;/h1,3-4H,2H3;/q;+1/b4-3-;. The molecular weight excluding hydrogens is 149 g/mol. The first-order chi connectivity index (χ1) is 2.41. The SMILES string of the molecule is C/C=C\[CH]=[Ru+]. The van der Waals surface area contributed by atoms with E-state index < -0.39 is 0 Å². The predicted molar refractivity (Wildman–Crippen MR) is 20.9 cm³/mol. The van der Waals surface area contributed by atoms with E-state index in [-0.39, 0.29) is 0 Å². The van der Waals surface area contributed by atoms with Crippen LogP contribution in [0.5, 0.6) is 0 Å². The Morgan fingerprint density at radius 3 is 2.20 bits per heavy atom. The third-order valence-electron chi connectivity index (χ3n) is 0.260. The van der Waals surface area contributed by atoms with Gasteiger partial charge in [0.1, 0.15) is 0 Å². The van der Waals surface area contributed by atoms with E-state index in [1.807, 2.05) is 23.7 Å². The van der Waals surface area contributed by atoms with Crippen molar-refractivity contribution in [3.05, 3.63) is 12.2 Å². The van der Waals surface area contributed by atoms with Crippen LogP contribution in [0.1, 0.15) is 6.92 Å². The van der Waals surface area contributed by atoms with Crippen molar-refractivity contribution in [2.24, 2.45) is 0 Å². The second kappa shape index (κ2) is 4.23. The molecule has 0 nitrogen and oxygen atoms in total. The predicted octanol–water partition coefficient (Wildman–Crippen LogP) is 0.911. The molecule has 29 valence electrons. The third kappa shape index (κ3) is 4.23. The van der Waals surface area contributed by atoms with Crippen LogP contribution in [0.25, 0.3) is 0 Å². The second-order valence-electron chi connectivity index (χ2n) is 0.644. The molecule has 0 aliphatic carbocycles. The zero-order valence-corrected chi connectivity index (χ0v) is 4.82. The molecule has 0 aromatic rings. The zero-order chi connectivity index (χ0) is 4.12. The van der Waals surface area contributed by atoms with Gasteiger partial charge in [-0.05, 0) is 0 Å². The Kier molecular flexibility index (Phi) is 4.43. The Bertz CT molecular complexity index is 45.6. The quantitative estimate of drug-likeness (QED) is 0.494. The molecule has 0 spiro atoms. The first kappa shape index (κ1) is 5.23. The summed E-state index contributed by atoms with van der Waals surface area (Å²) in [5, 5.41) is 0. The van der Waals surface area contributed by atoms with Crippen molar-refractivity contribution in [1.29, 1.82) is 0 Å². The van der Waals surface area contributed by atoms with Crippen LogP contribution in [-0.4, -0.2) is 4.61 Å². The number of hydrogen-bond donors (Lipinski definition) is 0. The third-order valence-corrected chi connectivity index (χ3v) is 0.595. The van der Waals surface area contributed by atoms with Gasteiger partial charge in [-0.2, -0.15) is 0 Å². The van der Waals surface area contributed by atoms with Gasteiger partial charge < -0.3 is 0 Å². The molecule has 0 rings (SSSR count). The van der Waals surface area contributed by atoms with Crippen LogP contribution < -0.4 is 0 Å². The number of hydrogen-bond acceptors (Lipinski definition) is 0. The van der Waals surface area contributed by atoms with Gasteiger partial charge in [0.15, 0.2) is 0 Å². The fourth-order valence-electron chi connectivity index (χ4n) is 0.0680. The molecular formula is C4H6Ru+. The van der Waals surface area contributed by atoms with E-state index in [0.717, 1.165) is 0 Å². The van der Waals surface area contributed by atoms with E-state index in [0.29, 0.717) is 0 Å². The molecule has 0 aromatic carbocycles. The van der Waals surface area contributed by atoms with Gasteiger partial charge in [-0.15, -0.1) is 0 Å². The summed E-state index contributed by atoms with van der Waals surface area (Å²) in [7, 11) is 0. The zero-order valence-electron chi connectivity index (χ0n) is 3.09. The van der Waals surface area contributed by atoms with Crippen LogP contribution in [0, 0.1) is 0 Å². The van der Waals surface area contributed by atoms with Crippen molar-refractivity contribution in [3.63, 3.8) is 0 Å². The van der Waals surface area contributed by atoms with Gasteiger partial charge in [-0.1, -0.05) is 0 Å². The molecule has 0 amide bonds. The molecule has 0 fully saturated rings. The molecule has 0 aliphatic rings. The number of rotatable bonds is 1. The molecule has 5 heavy (non-hydrogen) atoms. The Hall–Kier alpha value is 0.233. The maximum atomic E-state index is 2.41. The van der Waals surface area contributed by atoms with Crippen LogP contribution in [0.4, 0.5) is 0 Å². The van der Waals surface area contributed by atoms with E-state index in [9.17, 15) is 0 Å². The van der Waals surface area contributed by atoms with E-state index in [4.69, 9.17) is 0 Å². The van der Waals surface area contributed by atoms with Crippen molar-refractivity contribution >= 4 is 4.61 Å². The summed E-state index contributed by atoms with van der Waals surface area (Å²) in [5.74, 6) is 0. The van der Waals surface area contributed by atoms with Gasteiger partial charge in [-0.25, -0.2) is 0 Å². The van der Waals surface area contributed by atoms with Crippen molar-refractivity contribution in [2.45, 2.75) is 6.92 Å². The molecule has 0 N–H and O–H groups in total. The summed E-state index contributed by atoms with van der Waals surface area (Å²) >= 11 is 2.41. The van der Waals surface area contributed by atoms with Gasteiger partial charge in [0, 0.05) is 0 Å². The van der Waals surface area contributed by atoms with E-state index >= 15 is 0 Å². The molecule has 0 radical (unpaired) electrons. The van der Waals surface area contributed by atoms with Crippen LogP contribution in [0.15, 0.2) is 12.2 Å². The number of allylic oxidation sites excluding steroid dienone is 2. The molecule has 1 heteroatoms. The average Bonchev–Trinajstić information content (AvgIpc) is 1.41. The fourth-order valence-corrected chi connectivity index (χ4v) is 0.403. The Balaban J connectivity index is 2.92. The molecule has 0 aliphatic heterocycles. The van der Waals surface area contributed by atoms with Crippen molar-refractivity contribution < 1.29 is 17.9 Å². The summed E-state index contributed by atoms with van der Waals surface area (Å²) in [6.45, 7) is 1.99. The summed E-state index contributed by atoms with van der Waals surface area (Å²) in [6.07, 6.45) is 3.95. The van der Waals surface area contributed by atoms with Crippen LogP contribution in [0.2, 0.25) is 0 Å². The molecule has 0 bridgehead atoms. The fraction of sp³-hybridized carbons (Fsp3) is 0.250. The van der Waals surface area contributed by atoms with Gasteiger partial charge in [0.2, 0.25) is 0 Å². The minimum absolute atomic E-state index is 1.93.